The van der Waals surface area contributed by atoms with Crippen LogP contribution < -0.4 is 11.1 Å². The number of thiocarbonyl (C=S) groups is 1. The molecule has 0 aliphatic carbocycles. The summed E-state index contributed by atoms with van der Waals surface area (Å²) >= 11 is 4.82. The van der Waals surface area contributed by atoms with Gasteiger partial charge in [0.1, 0.15) is 16.5 Å². The van der Waals surface area contributed by atoms with Crippen LogP contribution in [0.2, 0.25) is 0 Å². The van der Waals surface area contributed by atoms with Gasteiger partial charge in [0, 0.05) is 6.04 Å². The Bertz CT molecular complexity index is 363. The Morgan fingerprint density at radius 2 is 2.12 bits per heavy atom. The summed E-state index contributed by atoms with van der Waals surface area (Å²) in [5.41, 5.74) is 6.01. The number of rotatable bonds is 6. The summed E-state index contributed by atoms with van der Waals surface area (Å²) in [4.78, 5) is 8.65. The third kappa shape index (κ3) is 4.65. The zero-order chi connectivity index (χ0) is 12.8. The smallest absolute Gasteiger partial charge is 0.144 e. The number of nitrogens with two attached hydrogens (primary N) is 1. The Hall–Kier alpha value is -1.23. The van der Waals surface area contributed by atoms with Gasteiger partial charge < -0.3 is 11.1 Å². The summed E-state index contributed by atoms with van der Waals surface area (Å²) in [6, 6.07) is 0.384. The lowest BCUT2D eigenvalue weighted by atomic mass is 10.0. The van der Waals surface area contributed by atoms with Gasteiger partial charge in [-0.25, -0.2) is 9.97 Å². The second-order valence-corrected chi connectivity index (χ2v) is 4.89. The molecule has 94 valence electrons. The highest BCUT2D eigenvalue weighted by Gasteiger charge is 2.08. The highest BCUT2D eigenvalue weighted by molar-refractivity contribution is 7.80. The Morgan fingerprint density at radius 3 is 2.59 bits per heavy atom. The molecular weight excluding hydrogens is 232 g/mol. The van der Waals surface area contributed by atoms with E-state index >= 15 is 0 Å². The van der Waals surface area contributed by atoms with Crippen molar-refractivity contribution in [1.82, 2.24) is 9.97 Å². The molecule has 0 spiro atoms. The van der Waals surface area contributed by atoms with Gasteiger partial charge in [-0.2, -0.15) is 0 Å². The minimum atomic E-state index is 0.275. The number of anilines is 1. The molecule has 1 aromatic rings. The summed E-state index contributed by atoms with van der Waals surface area (Å²) in [6.45, 7) is 6.60. The SMILES string of the molecule is CCC(C)CC(C)Nc1cnc(C(N)=S)cn1. The quantitative estimate of drug-likeness (QED) is 0.761. The third-order valence-corrected chi connectivity index (χ3v) is 2.96. The summed E-state index contributed by atoms with van der Waals surface area (Å²) in [7, 11) is 0. The molecule has 0 aromatic carbocycles. The average molecular weight is 252 g/mol. The van der Waals surface area contributed by atoms with E-state index in [-0.39, 0.29) is 4.99 Å². The summed E-state index contributed by atoms with van der Waals surface area (Å²) in [5, 5.41) is 3.32. The van der Waals surface area contributed by atoms with Gasteiger partial charge in [0.2, 0.25) is 0 Å². The lowest BCUT2D eigenvalue weighted by molar-refractivity contribution is 0.483. The van der Waals surface area contributed by atoms with E-state index in [0.717, 1.165) is 12.2 Å². The van der Waals surface area contributed by atoms with Crippen molar-refractivity contribution in [1.29, 1.82) is 0 Å². The first-order valence-corrected chi connectivity index (χ1v) is 6.32. The fraction of sp³-hybridized carbons (Fsp3) is 0.583. The van der Waals surface area contributed by atoms with Crippen molar-refractivity contribution < 1.29 is 0 Å². The largest absolute Gasteiger partial charge is 0.388 e. The lowest BCUT2D eigenvalue weighted by Crippen LogP contribution is -2.19. The molecule has 1 aromatic heterocycles. The highest BCUT2D eigenvalue weighted by Crippen LogP contribution is 2.13. The van der Waals surface area contributed by atoms with Crippen molar-refractivity contribution in [3.05, 3.63) is 18.1 Å². The Kier molecular flexibility index (Phi) is 5.28. The zero-order valence-corrected chi connectivity index (χ0v) is 11.4. The van der Waals surface area contributed by atoms with E-state index < -0.39 is 0 Å². The number of nitrogens with zero attached hydrogens (tertiary/aromatic N) is 2. The third-order valence-electron chi connectivity index (χ3n) is 2.75. The maximum absolute atomic E-state index is 5.46. The molecule has 0 radical (unpaired) electrons. The normalized spacial score (nSPS) is 14.1. The minimum absolute atomic E-state index is 0.275. The molecule has 1 heterocycles. The van der Waals surface area contributed by atoms with Crippen molar-refractivity contribution in [3.63, 3.8) is 0 Å². The molecule has 0 saturated carbocycles. The van der Waals surface area contributed by atoms with Crippen molar-refractivity contribution in [2.75, 3.05) is 5.32 Å². The summed E-state index contributed by atoms with van der Waals surface area (Å²) in [5.74, 6) is 1.47. The van der Waals surface area contributed by atoms with E-state index in [2.05, 4.69) is 36.1 Å². The Morgan fingerprint density at radius 1 is 1.41 bits per heavy atom. The first kappa shape index (κ1) is 13.8. The van der Waals surface area contributed by atoms with Gasteiger partial charge in [0.05, 0.1) is 12.4 Å². The van der Waals surface area contributed by atoms with Gasteiger partial charge in [-0.05, 0) is 19.3 Å². The molecule has 17 heavy (non-hydrogen) atoms. The molecule has 5 heteroatoms. The molecular formula is C12H20N4S. The van der Waals surface area contributed by atoms with E-state index in [1.807, 2.05) is 0 Å². The average Bonchev–Trinajstić information content (AvgIpc) is 2.29. The van der Waals surface area contributed by atoms with Crippen LogP contribution in [0.1, 0.15) is 39.3 Å². The predicted molar refractivity (Wildman–Crippen MR) is 75.1 cm³/mol. The van der Waals surface area contributed by atoms with Gasteiger partial charge in [0.25, 0.3) is 0 Å². The topological polar surface area (TPSA) is 63.8 Å². The fourth-order valence-corrected chi connectivity index (χ4v) is 1.72. The molecule has 0 fully saturated rings. The molecule has 0 aliphatic heterocycles. The van der Waals surface area contributed by atoms with Crippen LogP contribution in [-0.2, 0) is 0 Å². The molecule has 2 atom stereocenters. The molecule has 1 rings (SSSR count). The minimum Gasteiger partial charge on any atom is -0.388 e. The fourth-order valence-electron chi connectivity index (χ4n) is 1.61. The number of nitrogens with one attached hydrogen (secondary N) is 1. The maximum atomic E-state index is 5.46. The Labute approximate surface area is 108 Å². The van der Waals surface area contributed by atoms with Crippen LogP contribution in [0.25, 0.3) is 0 Å². The molecule has 0 saturated heterocycles. The van der Waals surface area contributed by atoms with Crippen LogP contribution in [0.5, 0.6) is 0 Å². The van der Waals surface area contributed by atoms with E-state index in [0.29, 0.717) is 17.7 Å². The van der Waals surface area contributed by atoms with Crippen LogP contribution >= 0.6 is 12.2 Å². The van der Waals surface area contributed by atoms with Crippen molar-refractivity contribution in [2.24, 2.45) is 11.7 Å². The van der Waals surface area contributed by atoms with Crippen LogP contribution in [0.4, 0.5) is 5.82 Å². The Balaban J connectivity index is 2.54. The predicted octanol–water partition coefficient (Wildman–Crippen LogP) is 2.35. The summed E-state index contributed by atoms with van der Waals surface area (Å²) in [6.07, 6.45) is 5.58. The number of aromatic nitrogens is 2. The second-order valence-electron chi connectivity index (χ2n) is 4.45. The molecule has 4 nitrogen and oxygen atoms in total. The van der Waals surface area contributed by atoms with Crippen molar-refractivity contribution in [3.8, 4) is 0 Å². The van der Waals surface area contributed by atoms with E-state index in [1.165, 1.54) is 6.42 Å². The maximum Gasteiger partial charge on any atom is 0.144 e. The van der Waals surface area contributed by atoms with Gasteiger partial charge in [-0.1, -0.05) is 32.5 Å². The number of hydrogen-bond donors (Lipinski definition) is 2. The standard InChI is InChI=1S/C12H20N4S/c1-4-8(2)5-9(3)16-11-7-14-10(6-15-11)12(13)17/h6-9H,4-5H2,1-3H3,(H2,13,17)(H,15,16). The van der Waals surface area contributed by atoms with Crippen LogP contribution in [0.3, 0.4) is 0 Å². The first-order valence-electron chi connectivity index (χ1n) is 5.91. The van der Waals surface area contributed by atoms with Crippen molar-refractivity contribution >= 4 is 23.0 Å². The van der Waals surface area contributed by atoms with Gasteiger partial charge in [-0.3, -0.25) is 0 Å². The molecule has 0 aliphatic rings. The van der Waals surface area contributed by atoms with Gasteiger partial charge >= 0.3 is 0 Å². The van der Waals surface area contributed by atoms with E-state index in [1.54, 1.807) is 12.4 Å². The first-order chi connectivity index (χ1) is 8.02. The van der Waals surface area contributed by atoms with Crippen molar-refractivity contribution in [2.45, 2.75) is 39.7 Å². The number of hydrogen-bond acceptors (Lipinski definition) is 4. The summed E-state index contributed by atoms with van der Waals surface area (Å²) < 4.78 is 0. The van der Waals surface area contributed by atoms with E-state index in [9.17, 15) is 0 Å². The molecule has 0 bridgehead atoms. The van der Waals surface area contributed by atoms with Gasteiger partial charge in [-0.15, -0.1) is 0 Å². The molecule has 2 unspecified atom stereocenters. The lowest BCUT2D eigenvalue weighted by Gasteiger charge is -2.17. The monoisotopic (exact) mass is 252 g/mol. The van der Waals surface area contributed by atoms with Crippen LogP contribution in [0, 0.1) is 5.92 Å². The molecule has 0 amide bonds. The van der Waals surface area contributed by atoms with Crippen LogP contribution in [0.15, 0.2) is 12.4 Å². The van der Waals surface area contributed by atoms with Crippen LogP contribution in [-0.4, -0.2) is 21.0 Å². The van der Waals surface area contributed by atoms with E-state index in [4.69, 9.17) is 18.0 Å². The second kappa shape index (κ2) is 6.49. The van der Waals surface area contributed by atoms with Gasteiger partial charge in [0.15, 0.2) is 0 Å². The zero-order valence-electron chi connectivity index (χ0n) is 10.6. The molecule has 3 N–H and O–H groups in total. The highest BCUT2D eigenvalue weighted by atomic mass is 32.1.